The van der Waals surface area contributed by atoms with Crippen LogP contribution >= 0.6 is 0 Å². The molecule has 0 aliphatic carbocycles. The topological polar surface area (TPSA) is 50.4 Å². The van der Waals surface area contributed by atoms with Crippen LogP contribution in [0.25, 0.3) is 16.8 Å². The zero-order valence-corrected chi connectivity index (χ0v) is 14.1. The van der Waals surface area contributed by atoms with Gasteiger partial charge in [-0.05, 0) is 29.5 Å². The lowest BCUT2D eigenvalue weighted by atomic mass is 10.0. The van der Waals surface area contributed by atoms with Crippen molar-refractivity contribution >= 4 is 22.8 Å². The average Bonchev–Trinajstić information content (AvgIpc) is 3.01. The van der Waals surface area contributed by atoms with Crippen molar-refractivity contribution in [3.8, 4) is 5.75 Å². The zero-order valence-electron chi connectivity index (χ0n) is 14.1. The number of unbranched alkanes of at least 4 members (excludes halogenated alkanes) is 3. The highest BCUT2D eigenvalue weighted by molar-refractivity contribution is 6.03. The minimum atomic E-state index is -0.0599. The van der Waals surface area contributed by atoms with Gasteiger partial charge >= 0.3 is 0 Å². The van der Waals surface area contributed by atoms with Gasteiger partial charge in [-0.2, -0.15) is 0 Å². The standard InChI is InChI=1S/C20H24N2O2/c1-2-3-4-7-12-24-19-11-10-15(13-16-14-21-22-20(16)23)17-8-5-6-9-18(17)19/h5-6,8-11,13,21H,2-4,7,12,14H2,1H3,(H,22,23)/b16-13+. The molecule has 0 atom stereocenters. The molecule has 2 aromatic carbocycles. The van der Waals surface area contributed by atoms with Gasteiger partial charge in [-0.1, -0.05) is 56.5 Å². The van der Waals surface area contributed by atoms with Crippen molar-refractivity contribution in [1.82, 2.24) is 10.9 Å². The maximum Gasteiger partial charge on any atom is 0.262 e. The first-order valence-corrected chi connectivity index (χ1v) is 8.68. The Morgan fingerprint density at radius 2 is 1.92 bits per heavy atom. The number of hydrogen-bond donors (Lipinski definition) is 2. The molecule has 1 heterocycles. The van der Waals surface area contributed by atoms with Gasteiger partial charge in [0.2, 0.25) is 0 Å². The maximum atomic E-state index is 11.7. The second kappa shape index (κ2) is 7.97. The highest BCUT2D eigenvalue weighted by Crippen LogP contribution is 2.30. The summed E-state index contributed by atoms with van der Waals surface area (Å²) in [6, 6.07) is 12.2. The molecule has 24 heavy (non-hydrogen) atoms. The van der Waals surface area contributed by atoms with E-state index in [0.717, 1.165) is 40.7 Å². The lowest BCUT2D eigenvalue weighted by Crippen LogP contribution is -2.25. The smallest absolute Gasteiger partial charge is 0.262 e. The summed E-state index contributed by atoms with van der Waals surface area (Å²) in [5.41, 5.74) is 7.25. The first-order chi connectivity index (χ1) is 11.8. The van der Waals surface area contributed by atoms with Crippen LogP contribution in [0.2, 0.25) is 0 Å². The van der Waals surface area contributed by atoms with Crippen molar-refractivity contribution in [3.63, 3.8) is 0 Å². The Balaban J connectivity index is 1.83. The number of benzene rings is 2. The number of ether oxygens (including phenoxy) is 1. The summed E-state index contributed by atoms with van der Waals surface area (Å²) >= 11 is 0. The van der Waals surface area contributed by atoms with E-state index in [1.807, 2.05) is 30.3 Å². The SMILES string of the molecule is CCCCCCOc1ccc(/C=C2\CNNC2=O)c2ccccc12. The molecular formula is C20H24N2O2. The van der Waals surface area contributed by atoms with Crippen LogP contribution in [0.15, 0.2) is 42.0 Å². The fraction of sp³-hybridized carbons (Fsp3) is 0.350. The van der Waals surface area contributed by atoms with Gasteiger partial charge < -0.3 is 4.74 Å². The zero-order chi connectivity index (χ0) is 16.8. The van der Waals surface area contributed by atoms with Crippen molar-refractivity contribution < 1.29 is 9.53 Å². The van der Waals surface area contributed by atoms with E-state index in [-0.39, 0.29) is 5.91 Å². The molecule has 0 radical (unpaired) electrons. The van der Waals surface area contributed by atoms with Gasteiger partial charge in [0, 0.05) is 17.5 Å². The molecule has 2 aromatic rings. The fourth-order valence-electron chi connectivity index (χ4n) is 2.94. The molecule has 1 aliphatic heterocycles. The molecule has 1 saturated heterocycles. The molecule has 4 heteroatoms. The normalized spacial score (nSPS) is 15.9. The Bertz CT molecular complexity index is 752. The second-order valence-corrected chi connectivity index (χ2v) is 6.08. The number of carbonyl (C=O) groups excluding carboxylic acids is 1. The number of fused-ring (bicyclic) bond motifs is 1. The van der Waals surface area contributed by atoms with Crippen LogP contribution in [-0.2, 0) is 4.79 Å². The highest BCUT2D eigenvalue weighted by atomic mass is 16.5. The fourth-order valence-corrected chi connectivity index (χ4v) is 2.94. The molecule has 0 bridgehead atoms. The molecule has 1 amide bonds. The Morgan fingerprint density at radius 1 is 1.08 bits per heavy atom. The van der Waals surface area contributed by atoms with E-state index in [2.05, 4.69) is 29.9 Å². The third-order valence-electron chi connectivity index (χ3n) is 4.28. The molecule has 1 fully saturated rings. The third kappa shape index (κ3) is 3.77. The largest absolute Gasteiger partial charge is 0.493 e. The predicted molar refractivity (Wildman–Crippen MR) is 97.7 cm³/mol. The molecule has 3 rings (SSSR count). The van der Waals surface area contributed by atoms with Crippen molar-refractivity contribution in [1.29, 1.82) is 0 Å². The van der Waals surface area contributed by atoms with Crippen molar-refractivity contribution in [3.05, 3.63) is 47.5 Å². The van der Waals surface area contributed by atoms with Gasteiger partial charge in [0.1, 0.15) is 5.75 Å². The number of carbonyl (C=O) groups is 1. The van der Waals surface area contributed by atoms with Gasteiger partial charge in [-0.15, -0.1) is 0 Å². The summed E-state index contributed by atoms with van der Waals surface area (Å²) in [4.78, 5) is 11.7. The molecule has 0 unspecified atom stereocenters. The van der Waals surface area contributed by atoms with Crippen LogP contribution in [0.3, 0.4) is 0 Å². The van der Waals surface area contributed by atoms with Crippen LogP contribution in [-0.4, -0.2) is 19.1 Å². The van der Waals surface area contributed by atoms with Gasteiger partial charge in [0.25, 0.3) is 5.91 Å². The first-order valence-electron chi connectivity index (χ1n) is 8.68. The number of nitrogens with one attached hydrogen (secondary N) is 2. The quantitative estimate of drug-likeness (QED) is 0.601. The van der Waals surface area contributed by atoms with Crippen LogP contribution in [0.5, 0.6) is 5.75 Å². The molecule has 2 N–H and O–H groups in total. The van der Waals surface area contributed by atoms with E-state index in [9.17, 15) is 4.79 Å². The summed E-state index contributed by atoms with van der Waals surface area (Å²) < 4.78 is 6.00. The Kier molecular flexibility index (Phi) is 5.49. The van der Waals surface area contributed by atoms with Crippen molar-refractivity contribution in [2.24, 2.45) is 0 Å². The molecule has 1 aliphatic rings. The van der Waals surface area contributed by atoms with Gasteiger partial charge in [-0.25, -0.2) is 5.43 Å². The van der Waals surface area contributed by atoms with Gasteiger partial charge in [0.15, 0.2) is 0 Å². The van der Waals surface area contributed by atoms with E-state index in [4.69, 9.17) is 4.74 Å². The lowest BCUT2D eigenvalue weighted by Gasteiger charge is -2.11. The molecule has 126 valence electrons. The molecule has 4 nitrogen and oxygen atoms in total. The minimum Gasteiger partial charge on any atom is -0.493 e. The van der Waals surface area contributed by atoms with Crippen molar-refractivity contribution in [2.45, 2.75) is 32.6 Å². The van der Waals surface area contributed by atoms with E-state index in [1.165, 1.54) is 19.3 Å². The van der Waals surface area contributed by atoms with E-state index < -0.39 is 0 Å². The number of hydrogen-bond acceptors (Lipinski definition) is 3. The van der Waals surface area contributed by atoms with Gasteiger partial charge in [0.05, 0.1) is 6.61 Å². The number of rotatable bonds is 7. The molecular weight excluding hydrogens is 300 g/mol. The predicted octanol–water partition coefficient (Wildman–Crippen LogP) is 3.82. The van der Waals surface area contributed by atoms with E-state index >= 15 is 0 Å². The van der Waals surface area contributed by atoms with Crippen LogP contribution in [0, 0.1) is 0 Å². The summed E-state index contributed by atoms with van der Waals surface area (Å²) in [6.45, 7) is 3.50. The Labute approximate surface area is 142 Å². The Hall–Kier alpha value is -2.33. The van der Waals surface area contributed by atoms with Crippen LogP contribution in [0.1, 0.15) is 38.2 Å². The Morgan fingerprint density at radius 3 is 2.67 bits per heavy atom. The molecule has 0 aromatic heterocycles. The summed E-state index contributed by atoms with van der Waals surface area (Å²) in [7, 11) is 0. The minimum absolute atomic E-state index is 0.0599. The first kappa shape index (κ1) is 16.5. The maximum absolute atomic E-state index is 11.7. The number of hydrazine groups is 1. The second-order valence-electron chi connectivity index (χ2n) is 6.08. The summed E-state index contributed by atoms with van der Waals surface area (Å²) in [6.07, 6.45) is 6.73. The highest BCUT2D eigenvalue weighted by Gasteiger charge is 2.16. The van der Waals surface area contributed by atoms with Crippen LogP contribution in [0.4, 0.5) is 0 Å². The van der Waals surface area contributed by atoms with E-state index in [0.29, 0.717) is 6.54 Å². The third-order valence-corrected chi connectivity index (χ3v) is 4.28. The molecule has 0 spiro atoms. The van der Waals surface area contributed by atoms with E-state index in [1.54, 1.807) is 0 Å². The van der Waals surface area contributed by atoms with Gasteiger partial charge in [-0.3, -0.25) is 10.2 Å². The lowest BCUT2D eigenvalue weighted by molar-refractivity contribution is -0.116. The van der Waals surface area contributed by atoms with Crippen molar-refractivity contribution in [2.75, 3.05) is 13.2 Å². The molecule has 0 saturated carbocycles. The van der Waals surface area contributed by atoms with Crippen LogP contribution < -0.4 is 15.6 Å². The average molecular weight is 324 g/mol. The number of amides is 1. The summed E-state index contributed by atoms with van der Waals surface area (Å²) in [5.74, 6) is 0.855. The monoisotopic (exact) mass is 324 g/mol. The summed E-state index contributed by atoms with van der Waals surface area (Å²) in [5, 5.41) is 2.20.